The van der Waals surface area contributed by atoms with Crippen LogP contribution in [-0.4, -0.2) is 25.5 Å². The molecule has 0 spiro atoms. The minimum atomic E-state index is -0.799. The molecule has 2 unspecified atom stereocenters. The van der Waals surface area contributed by atoms with Crippen molar-refractivity contribution in [2.24, 2.45) is 5.92 Å². The molecular weight excluding hydrogens is 328 g/mol. The molecule has 2 aromatic rings. The van der Waals surface area contributed by atoms with Crippen molar-refractivity contribution < 1.29 is 19.1 Å². The van der Waals surface area contributed by atoms with Gasteiger partial charge in [-0.2, -0.15) is 0 Å². The Hall–Kier alpha value is -2.88. The number of benzene rings is 2. The molecule has 0 saturated heterocycles. The zero-order valence-corrected chi connectivity index (χ0v) is 15.0. The maximum Gasteiger partial charge on any atom is 0.317 e. The van der Waals surface area contributed by atoms with E-state index in [1.807, 2.05) is 54.6 Å². The second-order valence-corrected chi connectivity index (χ2v) is 6.25. The van der Waals surface area contributed by atoms with Crippen LogP contribution >= 0.6 is 0 Å². The number of esters is 1. The van der Waals surface area contributed by atoms with E-state index in [1.165, 1.54) is 0 Å². The molecule has 0 saturated carbocycles. The van der Waals surface area contributed by atoms with Gasteiger partial charge in [0.25, 0.3) is 0 Å². The summed E-state index contributed by atoms with van der Waals surface area (Å²) in [4.78, 5) is 25.3. The predicted molar refractivity (Wildman–Crippen MR) is 99.9 cm³/mol. The molecule has 134 valence electrons. The van der Waals surface area contributed by atoms with Crippen molar-refractivity contribution in [2.45, 2.75) is 19.3 Å². The van der Waals surface area contributed by atoms with E-state index in [9.17, 15) is 9.59 Å². The van der Waals surface area contributed by atoms with E-state index in [2.05, 4.69) is 0 Å². The monoisotopic (exact) mass is 350 g/mol. The molecule has 0 radical (unpaired) electrons. The van der Waals surface area contributed by atoms with E-state index >= 15 is 0 Å². The minimum absolute atomic E-state index is 0.207. The molecule has 0 aromatic heterocycles. The third-order valence-electron chi connectivity index (χ3n) is 4.67. The first-order valence-corrected chi connectivity index (χ1v) is 8.74. The average Bonchev–Trinajstić information content (AvgIpc) is 2.68. The Morgan fingerprint density at radius 3 is 2.58 bits per heavy atom. The Kier molecular flexibility index (Phi) is 5.52. The van der Waals surface area contributed by atoms with Crippen LogP contribution in [0, 0.1) is 5.92 Å². The third kappa shape index (κ3) is 3.69. The Bertz CT molecular complexity index is 823. The molecule has 0 fully saturated rings. The van der Waals surface area contributed by atoms with Crippen LogP contribution in [0.1, 0.15) is 30.4 Å². The zero-order chi connectivity index (χ0) is 18.5. The Balaban J connectivity index is 2.01. The lowest BCUT2D eigenvalue weighted by Crippen LogP contribution is -2.34. The van der Waals surface area contributed by atoms with Crippen molar-refractivity contribution in [1.82, 2.24) is 0 Å². The molecule has 0 bridgehead atoms. The Morgan fingerprint density at radius 2 is 1.88 bits per heavy atom. The largest absolute Gasteiger partial charge is 0.497 e. The number of hydrogen-bond acceptors (Lipinski definition) is 4. The predicted octanol–water partition coefficient (Wildman–Crippen LogP) is 4.01. The van der Waals surface area contributed by atoms with E-state index in [0.29, 0.717) is 6.42 Å². The summed E-state index contributed by atoms with van der Waals surface area (Å²) in [6.07, 6.45) is 2.17. The fourth-order valence-electron chi connectivity index (χ4n) is 3.42. The molecule has 4 nitrogen and oxygen atoms in total. The number of methoxy groups -OCH3 is 1. The first-order chi connectivity index (χ1) is 12.6. The quantitative estimate of drug-likeness (QED) is 0.604. The van der Waals surface area contributed by atoms with Gasteiger partial charge in [0.15, 0.2) is 5.78 Å². The summed E-state index contributed by atoms with van der Waals surface area (Å²) in [5.74, 6) is -0.964. The highest BCUT2D eigenvalue weighted by molar-refractivity contribution is 6.10. The third-order valence-corrected chi connectivity index (χ3v) is 4.67. The number of hydrogen-bond donors (Lipinski definition) is 0. The van der Waals surface area contributed by atoms with Crippen molar-refractivity contribution in [2.75, 3.05) is 13.7 Å². The van der Waals surface area contributed by atoms with Gasteiger partial charge in [0.05, 0.1) is 13.7 Å². The van der Waals surface area contributed by atoms with Crippen LogP contribution < -0.4 is 4.74 Å². The number of carbonyl (C=O) groups is 2. The maximum atomic E-state index is 12.8. The second-order valence-electron chi connectivity index (χ2n) is 6.25. The second kappa shape index (κ2) is 8.00. The highest BCUT2D eigenvalue weighted by Crippen LogP contribution is 2.40. The molecule has 0 aliphatic heterocycles. The van der Waals surface area contributed by atoms with Crippen LogP contribution in [0.5, 0.6) is 5.75 Å². The summed E-state index contributed by atoms with van der Waals surface area (Å²) in [6.45, 7) is 2.01. The number of allylic oxidation sites excluding steroid dienone is 2. The topological polar surface area (TPSA) is 52.6 Å². The molecule has 0 heterocycles. The van der Waals surface area contributed by atoms with Crippen LogP contribution in [-0.2, 0) is 14.3 Å². The van der Waals surface area contributed by atoms with Crippen LogP contribution in [0.25, 0.3) is 5.57 Å². The summed E-state index contributed by atoms with van der Waals surface area (Å²) in [6, 6.07) is 17.3. The fraction of sp³-hybridized carbons (Fsp3) is 0.273. The van der Waals surface area contributed by atoms with Crippen molar-refractivity contribution in [3.63, 3.8) is 0 Å². The SMILES string of the molecule is CCOC(=O)C1C(=O)C=C(c2cccc(OC)c2)CC1c1ccccc1. The highest BCUT2D eigenvalue weighted by Gasteiger charge is 2.39. The first kappa shape index (κ1) is 17.9. The molecule has 4 heteroatoms. The van der Waals surface area contributed by atoms with Crippen LogP contribution in [0.4, 0.5) is 0 Å². The van der Waals surface area contributed by atoms with Gasteiger partial charge in [0.1, 0.15) is 11.7 Å². The number of carbonyl (C=O) groups excluding carboxylic acids is 2. The van der Waals surface area contributed by atoms with Gasteiger partial charge in [-0.1, -0.05) is 42.5 Å². The van der Waals surface area contributed by atoms with Crippen molar-refractivity contribution >= 4 is 17.3 Å². The average molecular weight is 350 g/mol. The van der Waals surface area contributed by atoms with Gasteiger partial charge in [-0.15, -0.1) is 0 Å². The molecule has 0 N–H and O–H groups in total. The van der Waals surface area contributed by atoms with Gasteiger partial charge >= 0.3 is 5.97 Å². The Morgan fingerprint density at radius 1 is 1.12 bits per heavy atom. The zero-order valence-electron chi connectivity index (χ0n) is 15.0. The smallest absolute Gasteiger partial charge is 0.317 e. The van der Waals surface area contributed by atoms with Gasteiger partial charge in [0.2, 0.25) is 0 Å². The van der Waals surface area contributed by atoms with E-state index in [-0.39, 0.29) is 18.3 Å². The summed E-state index contributed by atoms with van der Waals surface area (Å²) in [7, 11) is 1.61. The Labute approximate surface area is 153 Å². The van der Waals surface area contributed by atoms with Gasteiger partial charge in [-0.25, -0.2) is 0 Å². The van der Waals surface area contributed by atoms with Gasteiger partial charge in [-0.3, -0.25) is 9.59 Å². The lowest BCUT2D eigenvalue weighted by atomic mass is 9.73. The lowest BCUT2D eigenvalue weighted by Gasteiger charge is -2.29. The fourth-order valence-corrected chi connectivity index (χ4v) is 3.42. The molecule has 3 rings (SSSR count). The number of rotatable bonds is 5. The molecule has 2 aromatic carbocycles. The van der Waals surface area contributed by atoms with Crippen molar-refractivity contribution in [3.05, 3.63) is 71.8 Å². The van der Waals surface area contributed by atoms with Crippen molar-refractivity contribution in [1.29, 1.82) is 0 Å². The molecule has 1 aliphatic carbocycles. The van der Waals surface area contributed by atoms with Crippen molar-refractivity contribution in [3.8, 4) is 5.75 Å². The normalized spacial score (nSPS) is 19.6. The standard InChI is InChI=1S/C22H22O4/c1-3-26-22(24)21-19(15-8-5-4-6-9-15)13-17(14-20(21)23)16-10-7-11-18(12-16)25-2/h4-12,14,19,21H,3,13H2,1-2H3. The molecule has 2 atom stereocenters. The van der Waals surface area contributed by atoms with Crippen LogP contribution in [0.3, 0.4) is 0 Å². The minimum Gasteiger partial charge on any atom is -0.497 e. The number of ether oxygens (including phenoxy) is 2. The maximum absolute atomic E-state index is 12.8. The molecule has 1 aliphatic rings. The summed E-state index contributed by atoms with van der Waals surface area (Å²) >= 11 is 0. The highest BCUT2D eigenvalue weighted by atomic mass is 16.5. The van der Waals surface area contributed by atoms with E-state index in [0.717, 1.165) is 22.4 Å². The van der Waals surface area contributed by atoms with Gasteiger partial charge in [0, 0.05) is 5.92 Å². The molecule has 0 amide bonds. The van der Waals surface area contributed by atoms with Gasteiger partial charge in [-0.05, 0) is 48.3 Å². The lowest BCUT2D eigenvalue weighted by molar-refractivity contribution is -0.151. The molecular formula is C22H22O4. The van der Waals surface area contributed by atoms with Crippen LogP contribution in [0.2, 0.25) is 0 Å². The summed E-state index contributed by atoms with van der Waals surface area (Å²) in [5, 5.41) is 0. The van der Waals surface area contributed by atoms with E-state index < -0.39 is 11.9 Å². The van der Waals surface area contributed by atoms with E-state index in [4.69, 9.17) is 9.47 Å². The first-order valence-electron chi connectivity index (χ1n) is 8.74. The molecule has 26 heavy (non-hydrogen) atoms. The summed E-state index contributed by atoms with van der Waals surface area (Å²) < 4.78 is 10.5. The van der Waals surface area contributed by atoms with E-state index in [1.54, 1.807) is 20.1 Å². The number of ketones is 1. The summed E-state index contributed by atoms with van der Waals surface area (Å²) in [5.41, 5.74) is 2.80. The van der Waals surface area contributed by atoms with Crippen LogP contribution in [0.15, 0.2) is 60.7 Å². The van der Waals surface area contributed by atoms with Gasteiger partial charge < -0.3 is 9.47 Å².